The van der Waals surface area contributed by atoms with Crippen LogP contribution in [-0.4, -0.2) is 19.2 Å². The number of fused-ring (bicyclic) bond motifs is 2. The molecule has 1 fully saturated rings. The van der Waals surface area contributed by atoms with E-state index in [0.29, 0.717) is 11.5 Å². The summed E-state index contributed by atoms with van der Waals surface area (Å²) in [5.41, 5.74) is 6.34. The van der Waals surface area contributed by atoms with E-state index < -0.39 is 0 Å². The zero-order valence-corrected chi connectivity index (χ0v) is 22.1. The highest BCUT2D eigenvalue weighted by atomic mass is 16.5. The number of rotatable bonds is 6. The minimum absolute atomic E-state index is 0.126. The Bertz CT molecular complexity index is 1710. The molecule has 5 aromatic rings. The highest BCUT2D eigenvalue weighted by molar-refractivity contribution is 5.92. The van der Waals surface area contributed by atoms with Crippen LogP contribution in [0.15, 0.2) is 103 Å². The molecule has 2 heterocycles. The van der Waals surface area contributed by atoms with Crippen molar-refractivity contribution in [2.75, 3.05) is 14.2 Å². The highest BCUT2D eigenvalue weighted by Crippen LogP contribution is 2.63. The molecule has 1 unspecified atom stereocenters. The van der Waals surface area contributed by atoms with Crippen LogP contribution in [0.4, 0.5) is 0 Å². The maximum atomic E-state index is 6.88. The predicted octanol–water partition coefficient (Wildman–Crippen LogP) is 8.22. The summed E-state index contributed by atoms with van der Waals surface area (Å²) in [5.74, 6) is 2.33. The molecule has 0 saturated heterocycles. The molecular weight excluding hydrogens is 482 g/mol. The molecule has 4 heteroatoms. The molecule has 7 rings (SSSR count). The number of aromatic nitrogens is 1. The fourth-order valence-electron chi connectivity index (χ4n) is 5.90. The first-order valence-electron chi connectivity index (χ1n) is 13.4. The Morgan fingerprint density at radius 1 is 0.795 bits per heavy atom. The molecule has 0 amide bonds. The monoisotopic (exact) mass is 511 g/mol. The molecule has 192 valence electrons. The first-order valence-corrected chi connectivity index (χ1v) is 13.4. The average molecular weight is 512 g/mol. The van der Waals surface area contributed by atoms with Crippen molar-refractivity contribution in [1.82, 2.24) is 4.98 Å². The predicted molar refractivity (Wildman–Crippen MR) is 156 cm³/mol. The number of benzene rings is 4. The Balaban J connectivity index is 1.42. The summed E-state index contributed by atoms with van der Waals surface area (Å²) in [7, 11) is 3.36. The van der Waals surface area contributed by atoms with Crippen molar-refractivity contribution in [3.8, 4) is 22.8 Å². The lowest BCUT2D eigenvalue weighted by atomic mass is 9.85. The van der Waals surface area contributed by atoms with Crippen molar-refractivity contribution in [3.63, 3.8) is 0 Å². The Morgan fingerprint density at radius 3 is 2.18 bits per heavy atom. The lowest BCUT2D eigenvalue weighted by Crippen LogP contribution is -2.20. The third kappa shape index (κ3) is 3.95. The molecule has 2 aliphatic rings. The van der Waals surface area contributed by atoms with Crippen LogP contribution in [0.3, 0.4) is 0 Å². The highest BCUT2D eigenvalue weighted by Gasteiger charge is 2.57. The summed E-state index contributed by atoms with van der Waals surface area (Å²) in [5, 5.41) is 2.15. The quantitative estimate of drug-likeness (QED) is 0.230. The summed E-state index contributed by atoms with van der Waals surface area (Å²) in [6.45, 7) is 0. The first-order chi connectivity index (χ1) is 19.2. The van der Waals surface area contributed by atoms with E-state index in [9.17, 15) is 0 Å². The van der Waals surface area contributed by atoms with Gasteiger partial charge in [-0.3, -0.25) is 4.98 Å². The van der Waals surface area contributed by atoms with Gasteiger partial charge < -0.3 is 14.2 Å². The van der Waals surface area contributed by atoms with Gasteiger partial charge in [0, 0.05) is 22.1 Å². The lowest BCUT2D eigenvalue weighted by molar-refractivity contribution is 0.144. The standard InChI is InChI=1S/C35H29NO3/c1-37-31-21-25-20-29(24-13-7-4-8-14-24)36-33(28(25)22-32(31)38-2)35(17-18-35)34-27-16-10-9-15-26(27)30(39-34)19-23-11-5-3-6-12-23/h3-16,19-22,34H,17-18H2,1-2H3/b30-19+. The third-order valence-electron chi connectivity index (χ3n) is 8.02. The Hall–Kier alpha value is -4.57. The second-order valence-electron chi connectivity index (χ2n) is 10.3. The zero-order valence-electron chi connectivity index (χ0n) is 22.1. The van der Waals surface area contributed by atoms with E-state index >= 15 is 0 Å². The molecule has 0 spiro atoms. The topological polar surface area (TPSA) is 40.6 Å². The van der Waals surface area contributed by atoms with Gasteiger partial charge in [0.2, 0.25) is 0 Å². The van der Waals surface area contributed by atoms with E-state index in [1.807, 2.05) is 12.1 Å². The van der Waals surface area contributed by atoms with E-state index in [4.69, 9.17) is 19.2 Å². The van der Waals surface area contributed by atoms with Crippen LogP contribution in [-0.2, 0) is 10.2 Å². The molecule has 0 bridgehead atoms. The fourth-order valence-corrected chi connectivity index (χ4v) is 5.90. The SMILES string of the molecule is COc1cc2cc(-c3ccccc3)nc(C3(C4O/C(=C/c5ccccc5)c5ccccc54)CC3)c2cc1OC. The molecule has 39 heavy (non-hydrogen) atoms. The molecular formula is C35H29NO3. The van der Waals surface area contributed by atoms with Gasteiger partial charge in [-0.25, -0.2) is 0 Å². The summed E-state index contributed by atoms with van der Waals surface area (Å²) in [6, 6.07) is 35.6. The van der Waals surface area contributed by atoms with Gasteiger partial charge in [0.25, 0.3) is 0 Å². The Morgan fingerprint density at radius 2 is 1.46 bits per heavy atom. The van der Waals surface area contributed by atoms with E-state index in [1.54, 1.807) is 14.2 Å². The number of methoxy groups -OCH3 is 2. The van der Waals surface area contributed by atoms with E-state index in [-0.39, 0.29) is 11.5 Å². The fraction of sp³-hybridized carbons (Fsp3) is 0.171. The van der Waals surface area contributed by atoms with Crippen molar-refractivity contribution in [3.05, 3.63) is 126 Å². The minimum atomic E-state index is -0.245. The van der Waals surface area contributed by atoms with Crippen molar-refractivity contribution in [1.29, 1.82) is 0 Å². The van der Waals surface area contributed by atoms with Crippen LogP contribution in [0, 0.1) is 0 Å². The third-order valence-corrected chi connectivity index (χ3v) is 8.02. The van der Waals surface area contributed by atoms with Crippen LogP contribution < -0.4 is 9.47 Å². The number of hydrogen-bond donors (Lipinski definition) is 0. The Kier molecular flexibility index (Phi) is 5.62. The summed E-state index contributed by atoms with van der Waals surface area (Å²) >= 11 is 0. The molecule has 0 N–H and O–H groups in total. The maximum absolute atomic E-state index is 6.88. The Labute approximate surface area is 228 Å². The van der Waals surface area contributed by atoms with Gasteiger partial charge in [-0.2, -0.15) is 0 Å². The maximum Gasteiger partial charge on any atom is 0.161 e. The molecule has 4 aromatic carbocycles. The van der Waals surface area contributed by atoms with Crippen LogP contribution in [0.25, 0.3) is 33.9 Å². The molecule has 1 aromatic heterocycles. The van der Waals surface area contributed by atoms with Gasteiger partial charge in [-0.15, -0.1) is 0 Å². The molecule has 4 nitrogen and oxygen atoms in total. The van der Waals surface area contributed by atoms with Gasteiger partial charge in [0.1, 0.15) is 11.9 Å². The molecule has 0 radical (unpaired) electrons. The van der Waals surface area contributed by atoms with Gasteiger partial charge >= 0.3 is 0 Å². The van der Waals surface area contributed by atoms with Crippen molar-refractivity contribution >= 4 is 22.6 Å². The van der Waals surface area contributed by atoms with E-state index in [0.717, 1.165) is 57.5 Å². The summed E-state index contributed by atoms with van der Waals surface area (Å²) in [6.07, 6.45) is 4.02. The molecule has 1 saturated carbocycles. The van der Waals surface area contributed by atoms with Crippen molar-refractivity contribution < 1.29 is 14.2 Å². The number of ether oxygens (including phenoxy) is 3. The van der Waals surface area contributed by atoms with E-state index in [2.05, 4.69) is 97.1 Å². The second kappa shape index (κ2) is 9.32. The summed E-state index contributed by atoms with van der Waals surface area (Å²) < 4.78 is 18.3. The van der Waals surface area contributed by atoms with Gasteiger partial charge in [0.05, 0.1) is 31.0 Å². The number of nitrogens with zero attached hydrogens (tertiary/aromatic N) is 1. The molecule has 1 atom stereocenters. The minimum Gasteiger partial charge on any atom is -0.493 e. The van der Waals surface area contributed by atoms with Crippen LogP contribution in [0.5, 0.6) is 11.5 Å². The summed E-state index contributed by atoms with van der Waals surface area (Å²) in [4.78, 5) is 5.37. The van der Waals surface area contributed by atoms with Crippen LogP contribution in [0.1, 0.15) is 41.3 Å². The van der Waals surface area contributed by atoms with E-state index in [1.165, 1.54) is 5.56 Å². The smallest absolute Gasteiger partial charge is 0.161 e. The van der Waals surface area contributed by atoms with Gasteiger partial charge in [-0.05, 0) is 48.1 Å². The van der Waals surface area contributed by atoms with Crippen LogP contribution >= 0.6 is 0 Å². The normalized spacial score (nSPS) is 18.0. The van der Waals surface area contributed by atoms with Crippen LogP contribution in [0.2, 0.25) is 0 Å². The van der Waals surface area contributed by atoms with Crippen molar-refractivity contribution in [2.45, 2.75) is 24.4 Å². The zero-order chi connectivity index (χ0) is 26.4. The first kappa shape index (κ1) is 23.5. The number of hydrogen-bond acceptors (Lipinski definition) is 4. The second-order valence-corrected chi connectivity index (χ2v) is 10.3. The van der Waals surface area contributed by atoms with Crippen molar-refractivity contribution in [2.24, 2.45) is 0 Å². The lowest BCUT2D eigenvalue weighted by Gasteiger charge is -2.26. The molecule has 1 aliphatic carbocycles. The number of pyridine rings is 1. The van der Waals surface area contributed by atoms with Gasteiger partial charge in [0.15, 0.2) is 11.5 Å². The average Bonchev–Trinajstić information content (AvgIpc) is 3.72. The largest absolute Gasteiger partial charge is 0.493 e. The van der Waals surface area contributed by atoms with Gasteiger partial charge in [-0.1, -0.05) is 84.9 Å². The molecule has 1 aliphatic heterocycles.